The first-order valence-electron chi connectivity index (χ1n) is 6.72. The summed E-state index contributed by atoms with van der Waals surface area (Å²) in [5, 5.41) is 7.48. The highest BCUT2D eigenvalue weighted by Crippen LogP contribution is 2.27. The highest BCUT2D eigenvalue weighted by molar-refractivity contribution is 5.49. The lowest BCUT2D eigenvalue weighted by molar-refractivity contribution is 0.295. The monoisotopic (exact) mass is 258 g/mol. The zero-order valence-corrected chi connectivity index (χ0v) is 11.3. The Morgan fingerprint density at radius 2 is 2.32 bits per heavy atom. The fourth-order valence-corrected chi connectivity index (χ4v) is 2.52. The summed E-state index contributed by atoms with van der Waals surface area (Å²) in [5.74, 6) is 1.69. The lowest BCUT2D eigenvalue weighted by Crippen LogP contribution is -2.34. The second-order valence-corrected chi connectivity index (χ2v) is 5.25. The molecule has 0 radical (unpaired) electrons. The number of nitrogens with zero attached hydrogens (tertiary/aromatic N) is 3. The minimum atomic E-state index is 0.363. The molecule has 1 saturated heterocycles. The van der Waals surface area contributed by atoms with E-state index in [1.54, 1.807) is 6.20 Å². The summed E-state index contributed by atoms with van der Waals surface area (Å²) in [7, 11) is 0. The van der Waals surface area contributed by atoms with Gasteiger partial charge in [-0.3, -0.25) is 4.98 Å². The Hall–Kier alpha value is -1.75. The molecule has 5 heteroatoms. The van der Waals surface area contributed by atoms with Gasteiger partial charge in [-0.1, -0.05) is 5.16 Å². The average molecular weight is 258 g/mol. The standard InChI is InChI=1S/C14H18N4O/c1-9-3-5-16-12(7-9)13-17-14(19-18-13)11-4-6-15-10(2)8-11/h3,5,7,10-11,15H,4,6,8H2,1-2H3. The molecule has 2 aromatic rings. The summed E-state index contributed by atoms with van der Waals surface area (Å²) < 4.78 is 5.42. The van der Waals surface area contributed by atoms with Crippen LogP contribution in [0.5, 0.6) is 0 Å². The molecule has 2 unspecified atom stereocenters. The van der Waals surface area contributed by atoms with Gasteiger partial charge < -0.3 is 9.84 Å². The molecule has 0 aliphatic carbocycles. The van der Waals surface area contributed by atoms with Gasteiger partial charge in [0.2, 0.25) is 11.7 Å². The number of piperidine rings is 1. The summed E-state index contributed by atoms with van der Waals surface area (Å²) >= 11 is 0. The number of nitrogens with one attached hydrogen (secondary N) is 1. The first-order chi connectivity index (χ1) is 9.22. The van der Waals surface area contributed by atoms with Crippen molar-refractivity contribution in [3.63, 3.8) is 0 Å². The number of pyridine rings is 1. The van der Waals surface area contributed by atoms with E-state index in [0.717, 1.165) is 36.5 Å². The van der Waals surface area contributed by atoms with E-state index in [0.29, 0.717) is 17.8 Å². The molecule has 5 nitrogen and oxygen atoms in total. The largest absolute Gasteiger partial charge is 0.339 e. The first-order valence-corrected chi connectivity index (χ1v) is 6.72. The molecule has 19 heavy (non-hydrogen) atoms. The molecule has 1 aliphatic rings. The lowest BCUT2D eigenvalue weighted by atomic mass is 9.93. The van der Waals surface area contributed by atoms with Crippen molar-refractivity contribution in [2.75, 3.05) is 6.54 Å². The van der Waals surface area contributed by atoms with Crippen LogP contribution in [0.15, 0.2) is 22.9 Å². The van der Waals surface area contributed by atoms with Crippen LogP contribution in [-0.2, 0) is 0 Å². The van der Waals surface area contributed by atoms with Crippen molar-refractivity contribution >= 4 is 0 Å². The van der Waals surface area contributed by atoms with E-state index in [2.05, 4.69) is 27.4 Å². The molecule has 3 rings (SSSR count). The molecule has 2 atom stereocenters. The molecule has 0 amide bonds. The molecule has 100 valence electrons. The van der Waals surface area contributed by atoms with E-state index in [1.165, 1.54) is 0 Å². The van der Waals surface area contributed by atoms with E-state index >= 15 is 0 Å². The van der Waals surface area contributed by atoms with Gasteiger partial charge in [-0.2, -0.15) is 4.98 Å². The maximum Gasteiger partial charge on any atom is 0.230 e. The van der Waals surface area contributed by atoms with Crippen LogP contribution in [0.4, 0.5) is 0 Å². The third-order valence-electron chi connectivity index (χ3n) is 3.56. The van der Waals surface area contributed by atoms with Crippen LogP contribution in [0.25, 0.3) is 11.5 Å². The molecular formula is C14H18N4O. The van der Waals surface area contributed by atoms with Gasteiger partial charge in [0.05, 0.1) is 0 Å². The molecule has 0 saturated carbocycles. The maximum absolute atomic E-state index is 5.42. The van der Waals surface area contributed by atoms with Gasteiger partial charge in [0.1, 0.15) is 5.69 Å². The van der Waals surface area contributed by atoms with Crippen molar-refractivity contribution in [3.8, 4) is 11.5 Å². The summed E-state index contributed by atoms with van der Waals surface area (Å²) in [4.78, 5) is 8.80. The molecule has 1 aliphatic heterocycles. The number of aryl methyl sites for hydroxylation is 1. The van der Waals surface area contributed by atoms with E-state index in [4.69, 9.17) is 4.52 Å². The van der Waals surface area contributed by atoms with E-state index < -0.39 is 0 Å². The quantitative estimate of drug-likeness (QED) is 0.895. The van der Waals surface area contributed by atoms with Crippen LogP contribution in [0.2, 0.25) is 0 Å². The minimum absolute atomic E-state index is 0.363. The Morgan fingerprint density at radius 1 is 1.42 bits per heavy atom. The van der Waals surface area contributed by atoms with Gasteiger partial charge in [0.25, 0.3) is 0 Å². The van der Waals surface area contributed by atoms with Crippen LogP contribution in [-0.4, -0.2) is 27.7 Å². The fourth-order valence-electron chi connectivity index (χ4n) is 2.52. The zero-order chi connectivity index (χ0) is 13.2. The van der Waals surface area contributed by atoms with Crippen molar-refractivity contribution in [2.24, 2.45) is 0 Å². The van der Waals surface area contributed by atoms with Crippen LogP contribution in [0, 0.1) is 6.92 Å². The Labute approximate surface area is 112 Å². The summed E-state index contributed by atoms with van der Waals surface area (Å²) in [6.07, 6.45) is 3.86. The normalized spacial score (nSPS) is 23.5. The van der Waals surface area contributed by atoms with Crippen LogP contribution in [0.1, 0.15) is 37.1 Å². The molecule has 0 aromatic carbocycles. The fraction of sp³-hybridized carbons (Fsp3) is 0.500. The van der Waals surface area contributed by atoms with Crippen molar-refractivity contribution in [1.29, 1.82) is 0 Å². The summed E-state index contributed by atoms with van der Waals surface area (Å²) in [6.45, 7) is 5.22. The predicted molar refractivity (Wildman–Crippen MR) is 71.7 cm³/mol. The maximum atomic E-state index is 5.42. The van der Waals surface area contributed by atoms with Gasteiger partial charge in [-0.15, -0.1) is 0 Å². The van der Waals surface area contributed by atoms with E-state index in [1.807, 2.05) is 19.1 Å². The van der Waals surface area contributed by atoms with E-state index in [-0.39, 0.29) is 0 Å². The molecule has 0 bridgehead atoms. The molecule has 3 heterocycles. The lowest BCUT2D eigenvalue weighted by Gasteiger charge is -2.25. The Balaban J connectivity index is 1.83. The van der Waals surface area contributed by atoms with Crippen molar-refractivity contribution in [3.05, 3.63) is 29.8 Å². The highest BCUT2D eigenvalue weighted by Gasteiger charge is 2.25. The van der Waals surface area contributed by atoms with Crippen LogP contribution >= 0.6 is 0 Å². The smallest absolute Gasteiger partial charge is 0.230 e. The highest BCUT2D eigenvalue weighted by atomic mass is 16.5. The van der Waals surface area contributed by atoms with Crippen molar-refractivity contribution in [1.82, 2.24) is 20.4 Å². The molecular weight excluding hydrogens is 240 g/mol. The Bertz CT molecular complexity index is 566. The number of hydrogen-bond acceptors (Lipinski definition) is 5. The third-order valence-corrected chi connectivity index (χ3v) is 3.56. The average Bonchev–Trinajstić information content (AvgIpc) is 2.88. The van der Waals surface area contributed by atoms with Gasteiger partial charge in [0.15, 0.2) is 0 Å². The van der Waals surface area contributed by atoms with Crippen molar-refractivity contribution < 1.29 is 4.52 Å². The number of rotatable bonds is 2. The third kappa shape index (κ3) is 2.66. The van der Waals surface area contributed by atoms with Gasteiger partial charge in [-0.05, 0) is 50.9 Å². The minimum Gasteiger partial charge on any atom is -0.339 e. The predicted octanol–water partition coefficient (Wildman–Crippen LogP) is 2.30. The van der Waals surface area contributed by atoms with Crippen molar-refractivity contribution in [2.45, 2.75) is 38.6 Å². The summed E-state index contributed by atoms with van der Waals surface area (Å²) in [6, 6.07) is 4.43. The number of aromatic nitrogens is 3. The number of hydrogen-bond donors (Lipinski definition) is 1. The van der Waals surface area contributed by atoms with Gasteiger partial charge >= 0.3 is 0 Å². The molecule has 2 aromatic heterocycles. The second kappa shape index (κ2) is 5.09. The second-order valence-electron chi connectivity index (χ2n) is 5.25. The zero-order valence-electron chi connectivity index (χ0n) is 11.3. The SMILES string of the molecule is Cc1ccnc(-c2noc(C3CCNC(C)C3)n2)c1. The molecule has 1 N–H and O–H groups in total. The first kappa shape index (κ1) is 12.3. The Kier molecular flexibility index (Phi) is 3.29. The molecule has 1 fully saturated rings. The van der Waals surface area contributed by atoms with Gasteiger partial charge in [-0.25, -0.2) is 0 Å². The van der Waals surface area contributed by atoms with E-state index in [9.17, 15) is 0 Å². The molecule has 0 spiro atoms. The van der Waals surface area contributed by atoms with Gasteiger partial charge in [0, 0.05) is 18.2 Å². The summed E-state index contributed by atoms with van der Waals surface area (Å²) in [5.41, 5.74) is 1.92. The van der Waals surface area contributed by atoms with Crippen LogP contribution in [0.3, 0.4) is 0 Å². The van der Waals surface area contributed by atoms with Crippen LogP contribution < -0.4 is 5.32 Å². The topological polar surface area (TPSA) is 63.8 Å². The Morgan fingerprint density at radius 3 is 3.11 bits per heavy atom.